The summed E-state index contributed by atoms with van der Waals surface area (Å²) in [4.78, 5) is 23.3. The third-order valence-electron chi connectivity index (χ3n) is 2.41. The number of aromatic nitrogens is 2. The van der Waals surface area contributed by atoms with E-state index in [0.29, 0.717) is 5.13 Å². The van der Waals surface area contributed by atoms with E-state index >= 15 is 0 Å². The predicted octanol–water partition coefficient (Wildman–Crippen LogP) is 2.16. The van der Waals surface area contributed by atoms with E-state index in [9.17, 15) is 9.59 Å². The predicted molar refractivity (Wildman–Crippen MR) is 85.7 cm³/mol. The highest BCUT2D eigenvalue weighted by Gasteiger charge is 2.07. The third kappa shape index (κ3) is 5.52. The van der Waals surface area contributed by atoms with Crippen molar-refractivity contribution in [3.8, 4) is 0 Å². The summed E-state index contributed by atoms with van der Waals surface area (Å²) in [5.41, 5.74) is 3.43. The van der Waals surface area contributed by atoms with Crippen molar-refractivity contribution in [3.63, 3.8) is 0 Å². The summed E-state index contributed by atoms with van der Waals surface area (Å²) < 4.78 is 0. The van der Waals surface area contributed by atoms with Crippen LogP contribution in [0.4, 0.5) is 10.8 Å². The number of anilines is 2. The lowest BCUT2D eigenvalue weighted by atomic mass is 10.2. The zero-order valence-electron chi connectivity index (χ0n) is 11.3. The molecule has 0 atom stereocenters. The molecule has 8 heteroatoms. The highest BCUT2D eigenvalue weighted by atomic mass is 32.2. The van der Waals surface area contributed by atoms with Crippen molar-refractivity contribution in [2.45, 2.75) is 6.92 Å². The molecular weight excluding hydrogens is 308 g/mol. The molecule has 0 spiro atoms. The fourth-order valence-electron chi connectivity index (χ4n) is 1.45. The highest BCUT2D eigenvalue weighted by molar-refractivity contribution is 8.00. The van der Waals surface area contributed by atoms with Gasteiger partial charge in [-0.25, -0.2) is 0 Å². The van der Waals surface area contributed by atoms with E-state index in [1.54, 1.807) is 0 Å². The lowest BCUT2D eigenvalue weighted by Gasteiger charge is -2.05. The fraction of sp³-hybridized carbons (Fsp3) is 0.231. The largest absolute Gasteiger partial charge is 0.325 e. The molecule has 1 aromatic carbocycles. The van der Waals surface area contributed by atoms with Crippen LogP contribution in [0.5, 0.6) is 0 Å². The number of hydrogen-bond acceptors (Lipinski definition) is 6. The smallest absolute Gasteiger partial charge is 0.236 e. The van der Waals surface area contributed by atoms with E-state index in [4.69, 9.17) is 0 Å². The van der Waals surface area contributed by atoms with Crippen molar-refractivity contribution in [3.05, 3.63) is 35.3 Å². The zero-order chi connectivity index (χ0) is 15.1. The van der Waals surface area contributed by atoms with Gasteiger partial charge in [0.2, 0.25) is 16.9 Å². The second-order valence-corrected chi connectivity index (χ2v) is 6.02. The van der Waals surface area contributed by atoms with Crippen LogP contribution in [-0.4, -0.2) is 33.5 Å². The van der Waals surface area contributed by atoms with E-state index in [2.05, 4.69) is 20.8 Å². The molecule has 2 amide bonds. The number of nitrogens with zero attached hydrogens (tertiary/aromatic N) is 2. The van der Waals surface area contributed by atoms with Crippen LogP contribution in [-0.2, 0) is 9.59 Å². The molecule has 1 aromatic heterocycles. The minimum atomic E-state index is -0.195. The van der Waals surface area contributed by atoms with E-state index in [-0.39, 0.29) is 23.3 Å². The summed E-state index contributed by atoms with van der Waals surface area (Å²) >= 11 is 2.50. The summed E-state index contributed by atoms with van der Waals surface area (Å²) in [5.74, 6) is 0.0886. The summed E-state index contributed by atoms with van der Waals surface area (Å²) in [6.45, 7) is 1.98. The Kier molecular flexibility index (Phi) is 5.70. The van der Waals surface area contributed by atoms with Crippen molar-refractivity contribution in [1.29, 1.82) is 0 Å². The number of amides is 2. The van der Waals surface area contributed by atoms with Gasteiger partial charge in [0.15, 0.2) is 0 Å². The Balaban J connectivity index is 1.67. The molecule has 110 valence electrons. The zero-order valence-corrected chi connectivity index (χ0v) is 13.0. The van der Waals surface area contributed by atoms with Gasteiger partial charge in [0.1, 0.15) is 5.51 Å². The second-order valence-electron chi connectivity index (χ2n) is 4.20. The van der Waals surface area contributed by atoms with Gasteiger partial charge in [0, 0.05) is 5.69 Å². The van der Waals surface area contributed by atoms with Crippen molar-refractivity contribution in [2.24, 2.45) is 0 Å². The van der Waals surface area contributed by atoms with Gasteiger partial charge < -0.3 is 5.32 Å². The van der Waals surface area contributed by atoms with Gasteiger partial charge in [0.25, 0.3) is 0 Å². The Hall–Kier alpha value is -1.93. The van der Waals surface area contributed by atoms with Crippen molar-refractivity contribution in [1.82, 2.24) is 10.2 Å². The fourth-order valence-corrected chi connectivity index (χ4v) is 2.53. The molecule has 0 saturated heterocycles. The van der Waals surface area contributed by atoms with E-state index in [1.807, 2.05) is 31.2 Å². The number of aryl methyl sites for hydroxylation is 1. The molecule has 0 fully saturated rings. The quantitative estimate of drug-likeness (QED) is 0.851. The molecule has 0 saturated carbocycles. The minimum absolute atomic E-state index is 0.132. The van der Waals surface area contributed by atoms with Crippen LogP contribution < -0.4 is 10.6 Å². The van der Waals surface area contributed by atoms with Crippen LogP contribution in [0.3, 0.4) is 0 Å². The first-order valence-corrected chi connectivity index (χ1v) is 8.17. The number of thioether (sulfide) groups is 1. The van der Waals surface area contributed by atoms with Crippen molar-refractivity contribution < 1.29 is 9.59 Å². The number of carbonyl (C=O) groups excluding carboxylic acids is 2. The standard InChI is InChI=1S/C13H14N4O2S2/c1-9-2-4-10(5-3-9)15-11(18)6-20-7-12(19)16-13-17-14-8-21-13/h2-5,8H,6-7H2,1H3,(H,15,18)(H,16,17,19). The minimum Gasteiger partial charge on any atom is -0.325 e. The maximum absolute atomic E-state index is 11.7. The Morgan fingerprint density at radius 1 is 1.14 bits per heavy atom. The molecule has 0 aliphatic heterocycles. The second kappa shape index (κ2) is 7.75. The van der Waals surface area contributed by atoms with Crippen LogP contribution in [0, 0.1) is 6.92 Å². The molecule has 0 bridgehead atoms. The number of hydrogen-bond donors (Lipinski definition) is 2. The monoisotopic (exact) mass is 322 g/mol. The lowest BCUT2D eigenvalue weighted by Crippen LogP contribution is -2.18. The molecule has 6 nitrogen and oxygen atoms in total. The number of nitrogens with one attached hydrogen (secondary N) is 2. The molecule has 0 aliphatic carbocycles. The van der Waals surface area contributed by atoms with Gasteiger partial charge in [-0.2, -0.15) is 0 Å². The van der Waals surface area contributed by atoms with Gasteiger partial charge in [-0.05, 0) is 19.1 Å². The SMILES string of the molecule is Cc1ccc(NC(=O)CSCC(=O)Nc2nncs2)cc1. The third-order valence-corrected chi connectivity index (χ3v) is 3.95. The van der Waals surface area contributed by atoms with Gasteiger partial charge >= 0.3 is 0 Å². The first-order valence-electron chi connectivity index (χ1n) is 6.14. The first kappa shape index (κ1) is 15.5. The van der Waals surface area contributed by atoms with E-state index < -0.39 is 0 Å². The van der Waals surface area contributed by atoms with Crippen LogP contribution in [0.15, 0.2) is 29.8 Å². The van der Waals surface area contributed by atoms with Gasteiger partial charge in [0.05, 0.1) is 11.5 Å². The van der Waals surface area contributed by atoms with Crippen LogP contribution in [0.1, 0.15) is 5.56 Å². The Morgan fingerprint density at radius 3 is 2.43 bits per heavy atom. The molecule has 2 N–H and O–H groups in total. The average molecular weight is 322 g/mol. The number of benzene rings is 1. The van der Waals surface area contributed by atoms with Crippen LogP contribution >= 0.6 is 23.1 Å². The van der Waals surface area contributed by atoms with E-state index in [1.165, 1.54) is 28.6 Å². The van der Waals surface area contributed by atoms with Crippen LogP contribution in [0.2, 0.25) is 0 Å². The normalized spacial score (nSPS) is 10.1. The molecule has 0 aliphatic rings. The Morgan fingerprint density at radius 2 is 1.81 bits per heavy atom. The number of rotatable bonds is 6. The van der Waals surface area contributed by atoms with Crippen molar-refractivity contribution in [2.75, 3.05) is 22.1 Å². The summed E-state index contributed by atoms with van der Waals surface area (Å²) in [7, 11) is 0. The van der Waals surface area contributed by atoms with Crippen molar-refractivity contribution >= 4 is 45.7 Å². The lowest BCUT2D eigenvalue weighted by molar-refractivity contribution is -0.114. The average Bonchev–Trinajstić information content (AvgIpc) is 2.94. The van der Waals surface area contributed by atoms with Gasteiger partial charge in [-0.1, -0.05) is 29.0 Å². The summed E-state index contributed by atoms with van der Waals surface area (Å²) in [5, 5.41) is 13.2. The summed E-state index contributed by atoms with van der Waals surface area (Å²) in [6, 6.07) is 7.55. The summed E-state index contributed by atoms with van der Waals surface area (Å²) in [6.07, 6.45) is 0. The Bertz CT molecular complexity index is 599. The van der Waals surface area contributed by atoms with Gasteiger partial charge in [-0.3, -0.25) is 14.9 Å². The molecule has 0 radical (unpaired) electrons. The topological polar surface area (TPSA) is 84.0 Å². The highest BCUT2D eigenvalue weighted by Crippen LogP contribution is 2.11. The maximum Gasteiger partial charge on any atom is 0.236 e. The number of carbonyl (C=O) groups is 2. The molecule has 2 aromatic rings. The molecule has 0 unspecified atom stereocenters. The van der Waals surface area contributed by atoms with Crippen LogP contribution in [0.25, 0.3) is 0 Å². The van der Waals surface area contributed by atoms with Gasteiger partial charge in [-0.15, -0.1) is 22.0 Å². The first-order chi connectivity index (χ1) is 10.1. The molecule has 21 heavy (non-hydrogen) atoms. The molecule has 2 rings (SSSR count). The molecular formula is C13H14N4O2S2. The maximum atomic E-state index is 11.7. The van der Waals surface area contributed by atoms with E-state index in [0.717, 1.165) is 11.3 Å². The molecule has 1 heterocycles. The Labute approximate surface area is 130 Å².